The average Bonchev–Trinajstić information content (AvgIpc) is 2.56. The first-order valence-corrected chi connectivity index (χ1v) is 8.82. The Morgan fingerprint density at radius 1 is 1.22 bits per heavy atom. The summed E-state index contributed by atoms with van der Waals surface area (Å²) in [6.07, 6.45) is 4.50. The highest BCUT2D eigenvalue weighted by atomic mass is 32.2. The van der Waals surface area contributed by atoms with Crippen LogP contribution in [0.15, 0.2) is 53.7 Å². The van der Waals surface area contributed by atoms with Crippen molar-refractivity contribution < 1.29 is 17.5 Å². The Morgan fingerprint density at radius 2 is 2.00 bits per heavy atom. The molecular weight excluding hydrogens is 319 g/mol. The molecule has 2 heterocycles. The lowest BCUT2D eigenvalue weighted by Crippen LogP contribution is -2.44. The maximum atomic E-state index is 13.3. The maximum absolute atomic E-state index is 13.3. The van der Waals surface area contributed by atoms with Gasteiger partial charge in [0, 0.05) is 18.9 Å². The first kappa shape index (κ1) is 15.9. The number of hydrogen-bond acceptors (Lipinski definition) is 4. The van der Waals surface area contributed by atoms with Crippen molar-refractivity contribution in [3.8, 4) is 5.75 Å². The lowest BCUT2D eigenvalue weighted by molar-refractivity contribution is 0.129. The van der Waals surface area contributed by atoms with Crippen molar-refractivity contribution in [3.63, 3.8) is 0 Å². The highest BCUT2D eigenvalue weighted by molar-refractivity contribution is 7.89. The monoisotopic (exact) mass is 336 g/mol. The van der Waals surface area contributed by atoms with Gasteiger partial charge in [-0.15, -0.1) is 0 Å². The number of rotatable bonds is 4. The Balaban J connectivity index is 1.75. The lowest BCUT2D eigenvalue weighted by Gasteiger charge is -2.32. The first-order chi connectivity index (χ1) is 11.1. The molecule has 23 heavy (non-hydrogen) atoms. The Labute approximate surface area is 134 Å². The minimum absolute atomic E-state index is 0.0259. The summed E-state index contributed by atoms with van der Waals surface area (Å²) < 4.78 is 45.8. The van der Waals surface area contributed by atoms with E-state index in [-0.39, 0.29) is 17.5 Å². The first-order valence-electron chi connectivity index (χ1n) is 7.38. The van der Waals surface area contributed by atoms with Crippen molar-refractivity contribution in [2.45, 2.75) is 23.8 Å². The number of nitrogens with zero attached hydrogens (tertiary/aromatic N) is 2. The smallest absolute Gasteiger partial charge is 0.243 e. The van der Waals surface area contributed by atoms with Gasteiger partial charge >= 0.3 is 0 Å². The van der Waals surface area contributed by atoms with Gasteiger partial charge in [-0.05, 0) is 43.2 Å². The number of piperidine rings is 1. The van der Waals surface area contributed by atoms with Crippen LogP contribution in [0.3, 0.4) is 0 Å². The van der Waals surface area contributed by atoms with Crippen molar-refractivity contribution in [2.24, 2.45) is 0 Å². The second kappa shape index (κ2) is 6.64. The van der Waals surface area contributed by atoms with Crippen LogP contribution in [0.4, 0.5) is 4.39 Å². The molecule has 3 rings (SSSR count). The molecule has 0 N–H and O–H groups in total. The third-order valence-electron chi connectivity index (χ3n) is 3.73. The van der Waals surface area contributed by atoms with E-state index in [4.69, 9.17) is 4.74 Å². The van der Waals surface area contributed by atoms with E-state index in [1.54, 1.807) is 24.5 Å². The maximum Gasteiger partial charge on any atom is 0.243 e. The van der Waals surface area contributed by atoms with E-state index in [2.05, 4.69) is 4.98 Å². The van der Waals surface area contributed by atoms with Crippen LogP contribution in [0.5, 0.6) is 5.75 Å². The van der Waals surface area contributed by atoms with E-state index in [0.717, 1.165) is 12.5 Å². The van der Waals surface area contributed by atoms with Crippen LogP contribution in [0.2, 0.25) is 0 Å². The Hall–Kier alpha value is -1.99. The number of aromatic nitrogens is 1. The van der Waals surface area contributed by atoms with Crippen LogP contribution in [0, 0.1) is 5.82 Å². The quantitative estimate of drug-likeness (QED) is 0.860. The van der Waals surface area contributed by atoms with Gasteiger partial charge in [-0.2, -0.15) is 4.31 Å². The Kier molecular flexibility index (Phi) is 4.58. The summed E-state index contributed by atoms with van der Waals surface area (Å²) in [5.74, 6) is 0.0997. The molecule has 0 radical (unpaired) electrons. The topological polar surface area (TPSA) is 59.5 Å². The van der Waals surface area contributed by atoms with E-state index in [9.17, 15) is 12.8 Å². The fourth-order valence-electron chi connectivity index (χ4n) is 2.61. The molecule has 1 saturated heterocycles. The van der Waals surface area contributed by atoms with E-state index in [1.165, 1.54) is 22.5 Å². The molecule has 0 spiro atoms. The van der Waals surface area contributed by atoms with E-state index < -0.39 is 15.8 Å². The SMILES string of the molecule is O=S(=O)(c1cccc(F)c1)N1CCC[C@H](Oc2ccncc2)C1. The third-order valence-corrected chi connectivity index (χ3v) is 5.59. The molecule has 1 aliphatic rings. The number of hydrogen-bond donors (Lipinski definition) is 0. The fraction of sp³-hybridized carbons (Fsp3) is 0.312. The Bertz CT molecular complexity index is 768. The zero-order valence-electron chi connectivity index (χ0n) is 12.4. The van der Waals surface area contributed by atoms with Crippen LogP contribution in [0.25, 0.3) is 0 Å². The van der Waals surface area contributed by atoms with Gasteiger partial charge in [-0.3, -0.25) is 4.98 Å². The van der Waals surface area contributed by atoms with Crippen molar-refractivity contribution in [2.75, 3.05) is 13.1 Å². The van der Waals surface area contributed by atoms with E-state index in [0.29, 0.717) is 18.7 Å². The molecule has 1 aliphatic heterocycles. The zero-order valence-corrected chi connectivity index (χ0v) is 13.2. The molecule has 1 aromatic heterocycles. The second-order valence-electron chi connectivity index (χ2n) is 5.39. The minimum atomic E-state index is -3.71. The molecule has 0 amide bonds. The number of sulfonamides is 1. The van der Waals surface area contributed by atoms with Crippen LogP contribution in [-0.2, 0) is 10.0 Å². The number of benzene rings is 1. The molecule has 2 aromatic rings. The van der Waals surface area contributed by atoms with Crippen LogP contribution < -0.4 is 4.74 Å². The van der Waals surface area contributed by atoms with Gasteiger partial charge in [0.1, 0.15) is 17.7 Å². The van der Waals surface area contributed by atoms with Crippen molar-refractivity contribution in [3.05, 3.63) is 54.6 Å². The minimum Gasteiger partial charge on any atom is -0.489 e. The standard InChI is InChI=1S/C16H17FN2O3S/c17-13-3-1-5-16(11-13)23(20,21)19-10-2-4-15(12-19)22-14-6-8-18-9-7-14/h1,3,5-9,11,15H,2,4,10,12H2/t15-/m0/s1. The van der Waals surface area contributed by atoms with Crippen molar-refractivity contribution >= 4 is 10.0 Å². The normalized spacial score (nSPS) is 19.4. The molecule has 122 valence electrons. The van der Waals surface area contributed by atoms with Crippen molar-refractivity contribution in [1.29, 1.82) is 0 Å². The van der Waals surface area contributed by atoms with Gasteiger partial charge in [0.25, 0.3) is 0 Å². The molecule has 0 saturated carbocycles. The van der Waals surface area contributed by atoms with Crippen LogP contribution >= 0.6 is 0 Å². The molecule has 0 bridgehead atoms. The lowest BCUT2D eigenvalue weighted by atomic mass is 10.1. The number of pyridine rings is 1. The van der Waals surface area contributed by atoms with Gasteiger partial charge in [0.15, 0.2) is 0 Å². The van der Waals surface area contributed by atoms with Gasteiger partial charge in [0.2, 0.25) is 10.0 Å². The summed E-state index contributed by atoms with van der Waals surface area (Å²) in [5, 5.41) is 0. The molecular formula is C16H17FN2O3S. The molecule has 1 fully saturated rings. The predicted octanol–water partition coefficient (Wildman–Crippen LogP) is 2.45. The molecule has 7 heteroatoms. The van der Waals surface area contributed by atoms with Gasteiger partial charge < -0.3 is 4.74 Å². The van der Waals surface area contributed by atoms with Crippen LogP contribution in [0.1, 0.15) is 12.8 Å². The van der Waals surface area contributed by atoms with Crippen LogP contribution in [-0.4, -0.2) is 36.9 Å². The molecule has 1 atom stereocenters. The van der Waals surface area contributed by atoms with E-state index >= 15 is 0 Å². The molecule has 0 unspecified atom stereocenters. The summed E-state index contributed by atoms with van der Waals surface area (Å²) in [5.41, 5.74) is 0. The van der Waals surface area contributed by atoms with E-state index in [1.807, 2.05) is 0 Å². The Morgan fingerprint density at radius 3 is 2.74 bits per heavy atom. The summed E-state index contributed by atoms with van der Waals surface area (Å²) in [7, 11) is -3.71. The second-order valence-corrected chi connectivity index (χ2v) is 7.32. The number of halogens is 1. The predicted molar refractivity (Wildman–Crippen MR) is 83.0 cm³/mol. The summed E-state index contributed by atoms with van der Waals surface area (Å²) >= 11 is 0. The van der Waals surface area contributed by atoms with Gasteiger partial charge in [-0.25, -0.2) is 12.8 Å². The van der Waals surface area contributed by atoms with Crippen molar-refractivity contribution in [1.82, 2.24) is 9.29 Å². The third kappa shape index (κ3) is 3.68. The highest BCUT2D eigenvalue weighted by Gasteiger charge is 2.31. The molecule has 5 nitrogen and oxygen atoms in total. The zero-order chi connectivity index (χ0) is 16.3. The van der Waals surface area contributed by atoms with Gasteiger partial charge in [-0.1, -0.05) is 6.07 Å². The summed E-state index contributed by atoms with van der Waals surface area (Å²) in [6.45, 7) is 0.663. The average molecular weight is 336 g/mol. The number of ether oxygens (including phenoxy) is 1. The molecule has 1 aromatic carbocycles. The summed E-state index contributed by atoms with van der Waals surface area (Å²) in [4.78, 5) is 3.89. The highest BCUT2D eigenvalue weighted by Crippen LogP contribution is 2.23. The molecule has 0 aliphatic carbocycles. The largest absolute Gasteiger partial charge is 0.489 e. The fourth-order valence-corrected chi connectivity index (χ4v) is 4.15. The van der Waals surface area contributed by atoms with Gasteiger partial charge in [0.05, 0.1) is 11.4 Å². The summed E-state index contributed by atoms with van der Waals surface area (Å²) in [6, 6.07) is 8.55.